The highest BCUT2D eigenvalue weighted by molar-refractivity contribution is 7.19. The number of hydrogen-bond donors (Lipinski definition) is 0. The summed E-state index contributed by atoms with van der Waals surface area (Å²) in [6.45, 7) is 0. The van der Waals surface area contributed by atoms with Crippen molar-refractivity contribution in [3.63, 3.8) is 0 Å². The lowest BCUT2D eigenvalue weighted by molar-refractivity contribution is 0.507. The van der Waals surface area contributed by atoms with Crippen LogP contribution < -0.4 is 39.7 Å². The van der Waals surface area contributed by atoms with Crippen molar-refractivity contribution in [3.05, 3.63) is 97.1 Å². The zero-order chi connectivity index (χ0) is 26.1. The number of hydrogen-bond acceptors (Lipinski definition) is 8. The maximum absolute atomic E-state index is 8.92. The monoisotopic (exact) mass is 500 g/mol. The Morgan fingerprint density at radius 2 is 0.541 bits per heavy atom. The average molecular weight is 501 g/mol. The summed E-state index contributed by atoms with van der Waals surface area (Å²) in [4.78, 5) is 0. The van der Waals surface area contributed by atoms with Crippen LogP contribution in [0.4, 0.5) is 0 Å². The molecule has 9 heteroatoms. The van der Waals surface area contributed by atoms with Gasteiger partial charge in [0, 0.05) is 0 Å². The third kappa shape index (κ3) is 4.89. The quantitative estimate of drug-likeness (QED) is 0.205. The summed E-state index contributed by atoms with van der Waals surface area (Å²) in [5.74, 6) is 1.62. The standard InChI is InChI=1S/C28H16N4O4Si/c29-17-33-21-1-9-25(10-2-21)37(26-11-3-22(4-12-26)34-18-30,27-13-5-23(6-14-27)35-19-31)28-15-7-24(8-16-28)36-20-32/h1-16H. The SMILES string of the molecule is N#COc1ccc([Si](c2ccc(OC#N)cc2)(c2ccc(OC#N)cc2)c2ccc(OC#N)cc2)cc1. The van der Waals surface area contributed by atoms with E-state index in [2.05, 4.69) is 0 Å². The van der Waals surface area contributed by atoms with E-state index in [0.29, 0.717) is 23.0 Å². The van der Waals surface area contributed by atoms with E-state index in [1.54, 1.807) is 73.6 Å². The third-order valence-corrected chi connectivity index (χ3v) is 10.6. The maximum atomic E-state index is 8.92. The molecule has 0 atom stereocenters. The first-order valence-electron chi connectivity index (χ1n) is 10.8. The normalized spacial score (nSPS) is 10.1. The Balaban J connectivity index is 2.02. The van der Waals surface area contributed by atoms with E-state index in [0.717, 1.165) is 20.7 Å². The molecule has 0 saturated carbocycles. The molecule has 176 valence electrons. The second-order valence-corrected chi connectivity index (χ2v) is 11.4. The van der Waals surface area contributed by atoms with Crippen molar-refractivity contribution in [2.75, 3.05) is 0 Å². The molecule has 4 aromatic rings. The summed E-state index contributed by atoms with van der Waals surface area (Å²) in [5, 5.41) is 39.6. The van der Waals surface area contributed by atoms with Gasteiger partial charge in [0.1, 0.15) is 23.0 Å². The Morgan fingerprint density at radius 3 is 0.703 bits per heavy atom. The third-order valence-electron chi connectivity index (χ3n) is 5.80. The highest BCUT2D eigenvalue weighted by atomic mass is 28.3. The Morgan fingerprint density at radius 1 is 0.351 bits per heavy atom. The summed E-state index contributed by atoms with van der Waals surface area (Å²) in [6, 6.07) is 29.2. The largest absolute Gasteiger partial charge is 0.388 e. The van der Waals surface area contributed by atoms with Crippen LogP contribution in [0.1, 0.15) is 0 Å². The molecule has 4 rings (SSSR count). The molecule has 0 aliphatic carbocycles. The molecule has 37 heavy (non-hydrogen) atoms. The predicted molar refractivity (Wildman–Crippen MR) is 135 cm³/mol. The van der Waals surface area contributed by atoms with Crippen LogP contribution in [-0.2, 0) is 0 Å². The van der Waals surface area contributed by atoms with Gasteiger partial charge in [0.15, 0.2) is 8.07 Å². The fourth-order valence-electron chi connectivity index (χ4n) is 4.30. The molecule has 0 bridgehead atoms. The molecule has 0 radical (unpaired) electrons. The van der Waals surface area contributed by atoms with E-state index < -0.39 is 8.07 Å². The summed E-state index contributed by atoms with van der Waals surface area (Å²) >= 11 is 0. The number of nitriles is 4. The number of benzene rings is 4. The average Bonchev–Trinajstić information content (AvgIpc) is 2.93. The van der Waals surface area contributed by atoms with Crippen molar-refractivity contribution in [2.24, 2.45) is 0 Å². The summed E-state index contributed by atoms with van der Waals surface area (Å²) < 4.78 is 20.0. The topological polar surface area (TPSA) is 132 Å². The van der Waals surface area contributed by atoms with E-state index in [4.69, 9.17) is 40.0 Å². The van der Waals surface area contributed by atoms with Gasteiger partial charge in [0.05, 0.1) is 0 Å². The van der Waals surface area contributed by atoms with Crippen molar-refractivity contribution in [3.8, 4) is 48.0 Å². The van der Waals surface area contributed by atoms with Crippen LogP contribution in [0.3, 0.4) is 0 Å². The number of rotatable bonds is 8. The van der Waals surface area contributed by atoms with Crippen LogP contribution in [0, 0.1) is 46.1 Å². The smallest absolute Gasteiger partial charge is 0.292 e. The molecule has 0 heterocycles. The summed E-state index contributed by atoms with van der Waals surface area (Å²) in [6.07, 6.45) is 6.73. The van der Waals surface area contributed by atoms with Crippen molar-refractivity contribution in [1.82, 2.24) is 0 Å². The number of nitrogens with zero attached hydrogens (tertiary/aromatic N) is 4. The first-order chi connectivity index (χ1) is 18.1. The minimum Gasteiger partial charge on any atom is -0.388 e. The highest BCUT2D eigenvalue weighted by Crippen LogP contribution is 2.18. The van der Waals surface area contributed by atoms with Crippen LogP contribution in [0.2, 0.25) is 0 Å². The summed E-state index contributed by atoms with van der Waals surface area (Å²) in [5.41, 5.74) is 0. The molecule has 0 N–H and O–H groups in total. The predicted octanol–water partition coefficient (Wildman–Crippen LogP) is 2.50. The van der Waals surface area contributed by atoms with E-state index in [9.17, 15) is 0 Å². The highest BCUT2D eigenvalue weighted by Gasteiger charge is 2.41. The van der Waals surface area contributed by atoms with Gasteiger partial charge < -0.3 is 18.9 Å². The zero-order valence-electron chi connectivity index (χ0n) is 19.2. The molecule has 0 aliphatic rings. The van der Waals surface area contributed by atoms with Crippen LogP contribution in [0.25, 0.3) is 0 Å². The minimum atomic E-state index is -3.04. The molecule has 0 aliphatic heterocycles. The second kappa shape index (κ2) is 11.1. The lowest BCUT2D eigenvalue weighted by Crippen LogP contribution is -2.74. The van der Waals surface area contributed by atoms with Gasteiger partial charge in [-0.1, -0.05) is 48.5 Å². The van der Waals surface area contributed by atoms with Crippen molar-refractivity contribution in [2.45, 2.75) is 0 Å². The van der Waals surface area contributed by atoms with E-state index in [1.165, 1.54) is 0 Å². The Hall–Kier alpha value is -5.74. The van der Waals surface area contributed by atoms with Crippen LogP contribution in [0.5, 0.6) is 23.0 Å². The second-order valence-electron chi connectivity index (χ2n) is 7.62. The van der Waals surface area contributed by atoms with Gasteiger partial charge >= 0.3 is 0 Å². The molecule has 4 aromatic carbocycles. The van der Waals surface area contributed by atoms with Gasteiger partial charge in [-0.15, -0.1) is 21.0 Å². The van der Waals surface area contributed by atoms with E-state index in [-0.39, 0.29) is 0 Å². The van der Waals surface area contributed by atoms with Gasteiger partial charge in [-0.25, -0.2) is 0 Å². The van der Waals surface area contributed by atoms with E-state index in [1.807, 2.05) is 48.5 Å². The van der Waals surface area contributed by atoms with Gasteiger partial charge in [-0.05, 0) is 69.3 Å². The molecule has 0 spiro atoms. The first-order valence-corrected chi connectivity index (χ1v) is 12.8. The molecule has 0 amide bonds. The van der Waals surface area contributed by atoms with Gasteiger partial charge in [0.25, 0.3) is 25.0 Å². The molecule has 0 unspecified atom stereocenters. The lowest BCUT2D eigenvalue weighted by atomic mass is 10.3. The van der Waals surface area contributed by atoms with Crippen LogP contribution in [-0.4, -0.2) is 8.07 Å². The molecule has 8 nitrogen and oxygen atoms in total. The Bertz CT molecular complexity index is 1300. The molecule has 0 fully saturated rings. The summed E-state index contributed by atoms with van der Waals surface area (Å²) in [7, 11) is -3.04. The minimum absolute atomic E-state index is 0.405. The first kappa shape index (κ1) is 24.4. The van der Waals surface area contributed by atoms with Gasteiger partial charge in [-0.2, -0.15) is 0 Å². The van der Waals surface area contributed by atoms with Crippen molar-refractivity contribution in [1.29, 1.82) is 21.0 Å². The molecule has 0 aromatic heterocycles. The molecule has 0 saturated heterocycles. The fraction of sp³-hybridized carbons (Fsp3) is 0. The lowest BCUT2D eigenvalue weighted by Gasteiger charge is -2.34. The van der Waals surface area contributed by atoms with Crippen molar-refractivity contribution >= 4 is 28.8 Å². The maximum Gasteiger partial charge on any atom is 0.292 e. The molecular weight excluding hydrogens is 484 g/mol. The zero-order valence-corrected chi connectivity index (χ0v) is 20.2. The molecular formula is C28H16N4O4Si. The van der Waals surface area contributed by atoms with Crippen LogP contribution >= 0.6 is 0 Å². The van der Waals surface area contributed by atoms with Crippen LogP contribution in [0.15, 0.2) is 97.1 Å². The van der Waals surface area contributed by atoms with Crippen molar-refractivity contribution < 1.29 is 18.9 Å². The van der Waals surface area contributed by atoms with Gasteiger partial charge in [0.2, 0.25) is 0 Å². The Labute approximate surface area is 213 Å². The fourth-order valence-corrected chi connectivity index (χ4v) is 8.97. The Kier molecular flexibility index (Phi) is 7.33. The number of ether oxygens (including phenoxy) is 4. The van der Waals surface area contributed by atoms with E-state index >= 15 is 0 Å². The van der Waals surface area contributed by atoms with Gasteiger partial charge in [-0.3, -0.25) is 0 Å².